The number of hydrogen-bond donors (Lipinski definition) is 3. The third-order valence-electron chi connectivity index (χ3n) is 3.35. The molecule has 0 heterocycles. The van der Waals surface area contributed by atoms with Crippen LogP contribution < -0.4 is 5.32 Å². The molecule has 112 valence electrons. The van der Waals surface area contributed by atoms with E-state index in [1.165, 1.54) is 18.2 Å². The van der Waals surface area contributed by atoms with Crippen LogP contribution in [0.25, 0.3) is 0 Å². The number of hydrogen-bond acceptors (Lipinski definition) is 4. The minimum atomic E-state index is -0.446. The van der Waals surface area contributed by atoms with Gasteiger partial charge in [0.25, 0.3) is 5.91 Å². The van der Waals surface area contributed by atoms with Gasteiger partial charge < -0.3 is 20.4 Å². The van der Waals surface area contributed by atoms with Crippen molar-refractivity contribution in [2.75, 3.05) is 20.1 Å². The van der Waals surface area contributed by atoms with Gasteiger partial charge in [-0.1, -0.05) is 6.07 Å². The molecule has 0 aliphatic heterocycles. The van der Waals surface area contributed by atoms with Gasteiger partial charge in [0, 0.05) is 12.6 Å². The van der Waals surface area contributed by atoms with E-state index in [9.17, 15) is 15.0 Å². The lowest BCUT2D eigenvalue weighted by atomic mass is 10.1. The van der Waals surface area contributed by atoms with Crippen molar-refractivity contribution in [3.8, 4) is 11.5 Å². The largest absolute Gasteiger partial charge is 0.507 e. The molecule has 0 aliphatic rings. The molecule has 0 fully saturated rings. The van der Waals surface area contributed by atoms with Gasteiger partial charge >= 0.3 is 0 Å². The van der Waals surface area contributed by atoms with Gasteiger partial charge in [0.05, 0.1) is 0 Å². The van der Waals surface area contributed by atoms with Gasteiger partial charge in [-0.25, -0.2) is 0 Å². The van der Waals surface area contributed by atoms with Crippen molar-refractivity contribution in [2.45, 2.75) is 32.7 Å². The first-order valence-corrected chi connectivity index (χ1v) is 6.93. The van der Waals surface area contributed by atoms with Crippen molar-refractivity contribution < 1.29 is 15.0 Å². The number of nitrogens with one attached hydrogen (secondary N) is 1. The standard InChI is InChI=1S/C15H24N2O3/c1-11(2)17(3)10-5-4-9-16-15(20)14-12(18)7-6-8-13(14)19/h6-8,11,18-19H,4-5,9-10H2,1-3H3,(H,16,20). The van der Waals surface area contributed by atoms with Gasteiger partial charge in [-0.2, -0.15) is 0 Å². The van der Waals surface area contributed by atoms with Crippen molar-refractivity contribution >= 4 is 5.91 Å². The Hall–Kier alpha value is -1.75. The van der Waals surface area contributed by atoms with Crippen molar-refractivity contribution in [2.24, 2.45) is 0 Å². The summed E-state index contributed by atoms with van der Waals surface area (Å²) in [6.07, 6.45) is 1.85. The number of amides is 1. The Morgan fingerprint density at radius 2 is 1.85 bits per heavy atom. The van der Waals surface area contributed by atoms with Crippen LogP contribution in [-0.2, 0) is 0 Å². The maximum Gasteiger partial charge on any atom is 0.258 e. The van der Waals surface area contributed by atoms with Crippen LogP contribution in [0.15, 0.2) is 18.2 Å². The summed E-state index contributed by atoms with van der Waals surface area (Å²) in [4.78, 5) is 14.1. The Bertz CT molecular complexity index is 426. The summed E-state index contributed by atoms with van der Waals surface area (Å²) in [6.45, 7) is 5.79. The number of phenolic OH excluding ortho intramolecular Hbond substituents is 2. The van der Waals surface area contributed by atoms with E-state index in [4.69, 9.17) is 0 Å². The second kappa shape index (κ2) is 7.75. The summed E-state index contributed by atoms with van der Waals surface area (Å²) >= 11 is 0. The number of carbonyl (C=O) groups excluding carboxylic acids is 1. The van der Waals surface area contributed by atoms with Gasteiger partial charge in [0.1, 0.15) is 17.1 Å². The van der Waals surface area contributed by atoms with Crippen LogP contribution in [0.4, 0.5) is 0 Å². The number of phenols is 2. The average molecular weight is 280 g/mol. The van der Waals surface area contributed by atoms with Crippen LogP contribution in [0.5, 0.6) is 11.5 Å². The highest BCUT2D eigenvalue weighted by Gasteiger charge is 2.15. The van der Waals surface area contributed by atoms with E-state index in [1.807, 2.05) is 0 Å². The van der Waals surface area contributed by atoms with Crippen LogP contribution in [0.2, 0.25) is 0 Å². The molecular weight excluding hydrogens is 256 g/mol. The summed E-state index contributed by atoms with van der Waals surface area (Å²) in [6, 6.07) is 4.77. The normalized spacial score (nSPS) is 11.1. The first kappa shape index (κ1) is 16.3. The molecule has 0 spiro atoms. The zero-order valence-corrected chi connectivity index (χ0v) is 12.4. The fourth-order valence-electron chi connectivity index (χ4n) is 1.80. The Morgan fingerprint density at radius 3 is 2.40 bits per heavy atom. The van der Waals surface area contributed by atoms with Crippen molar-refractivity contribution in [3.05, 3.63) is 23.8 Å². The fourth-order valence-corrected chi connectivity index (χ4v) is 1.80. The lowest BCUT2D eigenvalue weighted by Crippen LogP contribution is -2.29. The highest BCUT2D eigenvalue weighted by atomic mass is 16.3. The first-order valence-electron chi connectivity index (χ1n) is 6.93. The minimum Gasteiger partial charge on any atom is -0.507 e. The Kier molecular flexibility index (Phi) is 6.31. The molecule has 5 nitrogen and oxygen atoms in total. The van der Waals surface area contributed by atoms with Crippen LogP contribution in [0, 0.1) is 0 Å². The molecule has 0 aromatic heterocycles. The number of nitrogens with zero attached hydrogens (tertiary/aromatic N) is 1. The van der Waals surface area contributed by atoms with Crippen LogP contribution in [0.3, 0.4) is 0 Å². The molecule has 20 heavy (non-hydrogen) atoms. The molecule has 1 aromatic carbocycles. The lowest BCUT2D eigenvalue weighted by molar-refractivity contribution is 0.0947. The van der Waals surface area contributed by atoms with Crippen molar-refractivity contribution in [3.63, 3.8) is 0 Å². The minimum absolute atomic E-state index is 0.0631. The zero-order valence-electron chi connectivity index (χ0n) is 12.4. The third-order valence-corrected chi connectivity index (χ3v) is 3.35. The van der Waals surface area contributed by atoms with E-state index < -0.39 is 5.91 Å². The van der Waals surface area contributed by atoms with Crippen LogP contribution in [0.1, 0.15) is 37.0 Å². The molecule has 0 bridgehead atoms. The maximum atomic E-state index is 11.9. The predicted octanol–water partition coefficient (Wildman–Crippen LogP) is 1.95. The monoisotopic (exact) mass is 280 g/mol. The molecule has 0 radical (unpaired) electrons. The summed E-state index contributed by atoms with van der Waals surface area (Å²) in [7, 11) is 2.07. The van der Waals surface area contributed by atoms with E-state index in [2.05, 4.69) is 31.1 Å². The van der Waals surface area contributed by atoms with Gasteiger partial charge in [-0.15, -0.1) is 0 Å². The SMILES string of the molecule is CC(C)N(C)CCCCNC(=O)c1c(O)cccc1O. The average Bonchev–Trinajstić information content (AvgIpc) is 2.37. The molecule has 1 amide bonds. The third kappa shape index (κ3) is 4.74. The Morgan fingerprint density at radius 1 is 1.25 bits per heavy atom. The zero-order chi connectivity index (χ0) is 15.1. The molecular formula is C15H24N2O3. The summed E-state index contributed by atoms with van der Waals surface area (Å²) < 4.78 is 0. The molecule has 1 aromatic rings. The number of unbranched alkanes of at least 4 members (excludes halogenated alkanes) is 1. The van der Waals surface area contributed by atoms with Gasteiger partial charge in [0.2, 0.25) is 0 Å². The Balaban J connectivity index is 2.34. The number of carbonyl (C=O) groups is 1. The van der Waals surface area contributed by atoms with Gasteiger partial charge in [0.15, 0.2) is 0 Å². The molecule has 0 saturated carbocycles. The smallest absolute Gasteiger partial charge is 0.258 e. The number of aromatic hydroxyl groups is 2. The molecule has 0 aliphatic carbocycles. The van der Waals surface area contributed by atoms with Gasteiger partial charge in [-0.05, 0) is 52.4 Å². The van der Waals surface area contributed by atoms with Crippen molar-refractivity contribution in [1.82, 2.24) is 10.2 Å². The van der Waals surface area contributed by atoms with E-state index in [1.54, 1.807) is 0 Å². The second-order valence-corrected chi connectivity index (χ2v) is 5.21. The summed E-state index contributed by atoms with van der Waals surface area (Å²) in [5, 5.41) is 21.8. The quantitative estimate of drug-likeness (QED) is 0.667. The van der Waals surface area contributed by atoms with Crippen molar-refractivity contribution in [1.29, 1.82) is 0 Å². The number of benzene rings is 1. The number of rotatable bonds is 7. The summed E-state index contributed by atoms with van der Waals surface area (Å²) in [5.41, 5.74) is -0.0631. The van der Waals surface area contributed by atoms with E-state index >= 15 is 0 Å². The molecule has 0 saturated heterocycles. The summed E-state index contributed by atoms with van der Waals surface area (Å²) in [5.74, 6) is -0.859. The highest BCUT2D eigenvalue weighted by molar-refractivity contribution is 5.99. The van der Waals surface area contributed by atoms with Crippen LogP contribution >= 0.6 is 0 Å². The molecule has 5 heteroatoms. The Labute approximate surface area is 120 Å². The lowest BCUT2D eigenvalue weighted by Gasteiger charge is -2.20. The predicted molar refractivity (Wildman–Crippen MR) is 79.1 cm³/mol. The molecule has 0 atom stereocenters. The van der Waals surface area contributed by atoms with Gasteiger partial charge in [-0.3, -0.25) is 4.79 Å². The molecule has 1 rings (SSSR count). The molecule has 0 unspecified atom stereocenters. The topological polar surface area (TPSA) is 72.8 Å². The first-order chi connectivity index (χ1) is 9.43. The maximum absolute atomic E-state index is 11.9. The van der Waals surface area contributed by atoms with E-state index in [-0.39, 0.29) is 17.1 Å². The van der Waals surface area contributed by atoms with E-state index in [0.29, 0.717) is 12.6 Å². The highest BCUT2D eigenvalue weighted by Crippen LogP contribution is 2.25. The molecule has 3 N–H and O–H groups in total. The fraction of sp³-hybridized carbons (Fsp3) is 0.533. The van der Waals surface area contributed by atoms with Crippen LogP contribution in [-0.4, -0.2) is 47.2 Å². The van der Waals surface area contributed by atoms with E-state index in [0.717, 1.165) is 19.4 Å². The second-order valence-electron chi connectivity index (χ2n) is 5.21.